The van der Waals surface area contributed by atoms with Gasteiger partial charge in [0.2, 0.25) is 0 Å². The first-order valence-electron chi connectivity index (χ1n) is 5.50. The summed E-state index contributed by atoms with van der Waals surface area (Å²) >= 11 is 0. The Morgan fingerprint density at radius 1 is 0.944 bits per heavy atom. The summed E-state index contributed by atoms with van der Waals surface area (Å²) in [6.07, 6.45) is 0. The second kappa shape index (κ2) is 5.12. The zero-order valence-electron chi connectivity index (χ0n) is 9.81. The zero-order valence-corrected chi connectivity index (χ0v) is 9.81. The Labute approximate surface area is 103 Å². The van der Waals surface area contributed by atoms with E-state index in [1.807, 2.05) is 0 Å². The normalized spacial score (nSPS) is 10.4. The van der Waals surface area contributed by atoms with E-state index in [0.29, 0.717) is 12.1 Å². The molecule has 2 aromatic rings. The SMILES string of the molecule is Cc1cc(CNc2ccc(F)cc2F)ccc1F. The molecule has 0 spiro atoms. The van der Waals surface area contributed by atoms with Crippen molar-refractivity contribution in [1.29, 1.82) is 0 Å². The third-order valence-electron chi connectivity index (χ3n) is 2.64. The van der Waals surface area contributed by atoms with E-state index >= 15 is 0 Å². The first kappa shape index (κ1) is 12.5. The Hall–Kier alpha value is -1.97. The van der Waals surface area contributed by atoms with Crippen LogP contribution in [0.1, 0.15) is 11.1 Å². The highest BCUT2D eigenvalue weighted by Crippen LogP contribution is 2.17. The molecule has 2 rings (SSSR count). The van der Waals surface area contributed by atoms with Crippen molar-refractivity contribution in [2.45, 2.75) is 13.5 Å². The van der Waals surface area contributed by atoms with Gasteiger partial charge in [0.15, 0.2) is 0 Å². The molecule has 4 heteroatoms. The number of halogens is 3. The molecule has 0 fully saturated rings. The van der Waals surface area contributed by atoms with Crippen LogP contribution >= 0.6 is 0 Å². The third-order valence-corrected chi connectivity index (χ3v) is 2.64. The molecule has 0 bridgehead atoms. The Kier molecular flexibility index (Phi) is 3.55. The number of hydrogen-bond acceptors (Lipinski definition) is 1. The number of benzene rings is 2. The Balaban J connectivity index is 2.09. The molecule has 0 aliphatic rings. The second-order valence-electron chi connectivity index (χ2n) is 4.06. The lowest BCUT2D eigenvalue weighted by atomic mass is 10.1. The molecule has 0 atom stereocenters. The Morgan fingerprint density at radius 2 is 1.72 bits per heavy atom. The van der Waals surface area contributed by atoms with E-state index in [2.05, 4.69) is 5.32 Å². The van der Waals surface area contributed by atoms with Crippen LogP contribution in [0, 0.1) is 24.4 Å². The molecule has 0 heterocycles. The van der Waals surface area contributed by atoms with Crippen molar-refractivity contribution >= 4 is 5.69 Å². The van der Waals surface area contributed by atoms with Gasteiger partial charge < -0.3 is 5.32 Å². The lowest BCUT2D eigenvalue weighted by molar-refractivity contribution is 0.585. The lowest BCUT2D eigenvalue weighted by Gasteiger charge is -2.08. The van der Waals surface area contributed by atoms with E-state index in [1.165, 1.54) is 18.2 Å². The molecule has 1 nitrogen and oxygen atoms in total. The fraction of sp³-hybridized carbons (Fsp3) is 0.143. The molecule has 1 N–H and O–H groups in total. The monoisotopic (exact) mass is 251 g/mol. The molecule has 0 saturated carbocycles. The van der Waals surface area contributed by atoms with Gasteiger partial charge in [-0.15, -0.1) is 0 Å². The van der Waals surface area contributed by atoms with Gasteiger partial charge in [0.05, 0.1) is 5.69 Å². The largest absolute Gasteiger partial charge is 0.379 e. The van der Waals surface area contributed by atoms with E-state index in [9.17, 15) is 13.2 Å². The summed E-state index contributed by atoms with van der Waals surface area (Å²) in [7, 11) is 0. The molecule has 0 aliphatic carbocycles. The van der Waals surface area contributed by atoms with Crippen LogP contribution in [0.2, 0.25) is 0 Å². The minimum atomic E-state index is -0.645. The van der Waals surface area contributed by atoms with E-state index < -0.39 is 11.6 Å². The maximum Gasteiger partial charge on any atom is 0.149 e. The van der Waals surface area contributed by atoms with Crippen LogP contribution in [-0.2, 0) is 6.54 Å². The molecule has 18 heavy (non-hydrogen) atoms. The van der Waals surface area contributed by atoms with Crippen molar-refractivity contribution in [2.24, 2.45) is 0 Å². The molecule has 0 saturated heterocycles. The van der Waals surface area contributed by atoms with Gasteiger partial charge in [0.25, 0.3) is 0 Å². The van der Waals surface area contributed by atoms with Crippen molar-refractivity contribution in [3.63, 3.8) is 0 Å². The predicted molar refractivity (Wildman–Crippen MR) is 64.8 cm³/mol. The molecule has 2 aromatic carbocycles. The highest BCUT2D eigenvalue weighted by Gasteiger charge is 2.04. The van der Waals surface area contributed by atoms with Crippen molar-refractivity contribution in [1.82, 2.24) is 0 Å². The molecule has 0 aliphatic heterocycles. The number of rotatable bonds is 3. The van der Waals surface area contributed by atoms with Gasteiger partial charge in [-0.25, -0.2) is 13.2 Å². The second-order valence-corrected chi connectivity index (χ2v) is 4.06. The van der Waals surface area contributed by atoms with Gasteiger partial charge in [-0.1, -0.05) is 12.1 Å². The minimum absolute atomic E-state index is 0.221. The first-order chi connectivity index (χ1) is 8.56. The summed E-state index contributed by atoms with van der Waals surface area (Å²) in [5.74, 6) is -1.53. The summed E-state index contributed by atoms with van der Waals surface area (Å²) in [6.45, 7) is 2.01. The van der Waals surface area contributed by atoms with Gasteiger partial charge >= 0.3 is 0 Å². The van der Waals surface area contributed by atoms with Gasteiger partial charge in [0.1, 0.15) is 17.5 Å². The smallest absolute Gasteiger partial charge is 0.149 e. The van der Waals surface area contributed by atoms with Crippen LogP contribution in [0.5, 0.6) is 0 Å². The number of nitrogens with one attached hydrogen (secondary N) is 1. The number of aryl methyl sites for hydroxylation is 1. The summed E-state index contributed by atoms with van der Waals surface area (Å²) in [4.78, 5) is 0. The van der Waals surface area contributed by atoms with Crippen LogP contribution < -0.4 is 5.32 Å². The van der Waals surface area contributed by atoms with Crippen LogP contribution in [0.3, 0.4) is 0 Å². The molecule has 94 valence electrons. The molecule has 0 radical (unpaired) electrons. The standard InChI is InChI=1S/C14H12F3N/c1-9-6-10(2-4-12(9)16)8-18-14-5-3-11(15)7-13(14)17/h2-7,18H,8H2,1H3. The maximum absolute atomic E-state index is 13.3. The summed E-state index contributed by atoms with van der Waals surface area (Å²) in [5.41, 5.74) is 1.59. The fourth-order valence-corrected chi connectivity index (χ4v) is 1.65. The molecule has 0 aromatic heterocycles. The predicted octanol–water partition coefficient (Wildman–Crippen LogP) is 4.02. The van der Waals surface area contributed by atoms with Crippen LogP contribution in [0.25, 0.3) is 0 Å². The van der Waals surface area contributed by atoms with Crippen LogP contribution in [0.4, 0.5) is 18.9 Å². The first-order valence-corrected chi connectivity index (χ1v) is 5.50. The average Bonchev–Trinajstić information content (AvgIpc) is 2.32. The topological polar surface area (TPSA) is 12.0 Å². The van der Waals surface area contributed by atoms with Gasteiger partial charge in [-0.2, -0.15) is 0 Å². The van der Waals surface area contributed by atoms with Gasteiger partial charge in [-0.3, -0.25) is 0 Å². The van der Waals surface area contributed by atoms with Crippen molar-refractivity contribution in [3.8, 4) is 0 Å². The molecular weight excluding hydrogens is 239 g/mol. The van der Waals surface area contributed by atoms with Gasteiger partial charge in [-0.05, 0) is 36.2 Å². The number of anilines is 1. The number of hydrogen-bond donors (Lipinski definition) is 1. The molecular formula is C14H12F3N. The van der Waals surface area contributed by atoms with E-state index in [4.69, 9.17) is 0 Å². The highest BCUT2D eigenvalue weighted by molar-refractivity contribution is 5.45. The van der Waals surface area contributed by atoms with Crippen molar-refractivity contribution in [3.05, 3.63) is 65.0 Å². The Morgan fingerprint density at radius 3 is 2.39 bits per heavy atom. The zero-order chi connectivity index (χ0) is 13.1. The minimum Gasteiger partial charge on any atom is -0.379 e. The van der Waals surface area contributed by atoms with Crippen molar-refractivity contribution in [2.75, 3.05) is 5.32 Å². The maximum atomic E-state index is 13.3. The third kappa shape index (κ3) is 2.83. The lowest BCUT2D eigenvalue weighted by Crippen LogP contribution is -2.02. The Bertz CT molecular complexity index is 567. The van der Waals surface area contributed by atoms with E-state index in [1.54, 1.807) is 19.1 Å². The van der Waals surface area contributed by atoms with Crippen molar-refractivity contribution < 1.29 is 13.2 Å². The van der Waals surface area contributed by atoms with Crippen LogP contribution in [0.15, 0.2) is 36.4 Å². The quantitative estimate of drug-likeness (QED) is 0.868. The molecule has 0 unspecified atom stereocenters. The summed E-state index contributed by atoms with van der Waals surface area (Å²) < 4.78 is 39.1. The van der Waals surface area contributed by atoms with Crippen LogP contribution in [-0.4, -0.2) is 0 Å². The van der Waals surface area contributed by atoms with E-state index in [-0.39, 0.29) is 11.5 Å². The summed E-state index contributed by atoms with van der Waals surface area (Å²) in [5, 5.41) is 2.84. The van der Waals surface area contributed by atoms with E-state index in [0.717, 1.165) is 11.6 Å². The average molecular weight is 251 g/mol. The van der Waals surface area contributed by atoms with Gasteiger partial charge in [0, 0.05) is 12.6 Å². The molecule has 0 amide bonds. The summed E-state index contributed by atoms with van der Waals surface area (Å²) in [6, 6.07) is 8.01. The highest BCUT2D eigenvalue weighted by atomic mass is 19.1. The fourth-order valence-electron chi connectivity index (χ4n) is 1.65.